The van der Waals surface area contributed by atoms with Crippen LogP contribution in [0.25, 0.3) is 0 Å². The van der Waals surface area contributed by atoms with E-state index in [4.69, 9.17) is 0 Å². The molecular formula is C17H26F2N2O. The second-order valence-electron chi connectivity index (χ2n) is 6.54. The third kappa shape index (κ3) is 4.73. The Kier molecular flexibility index (Phi) is 6.29. The molecule has 124 valence electrons. The topological polar surface area (TPSA) is 26.7 Å². The highest BCUT2D eigenvalue weighted by Gasteiger charge is 2.26. The summed E-state index contributed by atoms with van der Waals surface area (Å²) in [6.45, 7) is 8.94. The minimum absolute atomic E-state index is 0.179. The first-order valence-electron chi connectivity index (χ1n) is 8.00. The standard InChI is InChI=1S/C17H26F2N2O/c1-13(2)10-21-7-6-20(12-15(21)5-8-22)11-14-3-4-16(18)17(19)9-14/h3-4,9,13,15,22H,5-8,10-12H2,1-2H3/t15-/m1/s1. The minimum Gasteiger partial charge on any atom is -0.396 e. The molecule has 22 heavy (non-hydrogen) atoms. The van der Waals surface area contributed by atoms with Gasteiger partial charge in [0.2, 0.25) is 0 Å². The fraction of sp³-hybridized carbons (Fsp3) is 0.647. The van der Waals surface area contributed by atoms with Crippen molar-refractivity contribution in [1.29, 1.82) is 0 Å². The fourth-order valence-electron chi connectivity index (χ4n) is 3.13. The summed E-state index contributed by atoms with van der Waals surface area (Å²) in [5.41, 5.74) is 0.791. The summed E-state index contributed by atoms with van der Waals surface area (Å²) in [4.78, 5) is 4.69. The molecule has 0 aromatic heterocycles. The van der Waals surface area contributed by atoms with Gasteiger partial charge >= 0.3 is 0 Å². The highest BCUT2D eigenvalue weighted by atomic mass is 19.2. The maximum atomic E-state index is 13.3. The maximum absolute atomic E-state index is 13.3. The summed E-state index contributed by atoms with van der Waals surface area (Å²) in [5.74, 6) is -0.995. The lowest BCUT2D eigenvalue weighted by Gasteiger charge is -2.42. The first-order valence-corrected chi connectivity index (χ1v) is 8.00. The predicted octanol–water partition coefficient (Wildman–Crippen LogP) is 2.49. The van der Waals surface area contributed by atoms with Crippen molar-refractivity contribution in [2.24, 2.45) is 5.92 Å². The van der Waals surface area contributed by atoms with Crippen LogP contribution in [-0.2, 0) is 6.54 Å². The largest absolute Gasteiger partial charge is 0.396 e. The Morgan fingerprint density at radius 2 is 2.00 bits per heavy atom. The molecule has 0 saturated carbocycles. The van der Waals surface area contributed by atoms with Gasteiger partial charge in [-0.25, -0.2) is 8.78 Å². The van der Waals surface area contributed by atoms with Crippen molar-refractivity contribution in [2.75, 3.05) is 32.8 Å². The van der Waals surface area contributed by atoms with Crippen LogP contribution in [0.3, 0.4) is 0 Å². The summed E-state index contributed by atoms with van der Waals surface area (Å²) in [6.07, 6.45) is 0.751. The quantitative estimate of drug-likeness (QED) is 0.874. The van der Waals surface area contributed by atoms with Crippen molar-refractivity contribution in [2.45, 2.75) is 32.9 Å². The van der Waals surface area contributed by atoms with E-state index in [0.717, 1.165) is 38.2 Å². The molecule has 1 aromatic carbocycles. The lowest BCUT2D eigenvalue weighted by molar-refractivity contribution is 0.0476. The molecule has 1 aromatic rings. The van der Waals surface area contributed by atoms with Crippen molar-refractivity contribution in [3.05, 3.63) is 35.4 Å². The normalized spacial score (nSPS) is 20.7. The average Bonchev–Trinajstić information content (AvgIpc) is 2.45. The van der Waals surface area contributed by atoms with Crippen LogP contribution in [0.5, 0.6) is 0 Å². The number of aliphatic hydroxyl groups excluding tert-OH is 1. The molecule has 2 rings (SSSR count). The zero-order chi connectivity index (χ0) is 16.1. The van der Waals surface area contributed by atoms with Crippen LogP contribution in [0.15, 0.2) is 18.2 Å². The van der Waals surface area contributed by atoms with Gasteiger partial charge in [0.05, 0.1) is 0 Å². The van der Waals surface area contributed by atoms with Gasteiger partial charge in [-0.1, -0.05) is 19.9 Å². The Morgan fingerprint density at radius 3 is 2.64 bits per heavy atom. The molecule has 0 aliphatic carbocycles. The van der Waals surface area contributed by atoms with Gasteiger partial charge in [-0.3, -0.25) is 9.80 Å². The van der Waals surface area contributed by atoms with E-state index < -0.39 is 11.6 Å². The second kappa shape index (κ2) is 7.99. The van der Waals surface area contributed by atoms with E-state index in [1.807, 2.05) is 0 Å². The van der Waals surface area contributed by atoms with E-state index in [9.17, 15) is 13.9 Å². The average molecular weight is 312 g/mol. The van der Waals surface area contributed by atoms with Crippen molar-refractivity contribution < 1.29 is 13.9 Å². The van der Waals surface area contributed by atoms with E-state index >= 15 is 0 Å². The van der Waals surface area contributed by atoms with Gasteiger partial charge in [-0.15, -0.1) is 0 Å². The monoisotopic (exact) mass is 312 g/mol. The third-order valence-corrected chi connectivity index (χ3v) is 4.14. The van der Waals surface area contributed by atoms with Crippen LogP contribution in [0.4, 0.5) is 8.78 Å². The van der Waals surface area contributed by atoms with Gasteiger partial charge in [-0.2, -0.15) is 0 Å². The van der Waals surface area contributed by atoms with E-state index in [1.54, 1.807) is 6.07 Å². The molecule has 1 atom stereocenters. The van der Waals surface area contributed by atoms with Gasteiger partial charge in [-0.05, 0) is 30.0 Å². The van der Waals surface area contributed by atoms with Gasteiger partial charge in [0.1, 0.15) is 0 Å². The lowest BCUT2D eigenvalue weighted by atomic mass is 10.1. The Morgan fingerprint density at radius 1 is 1.23 bits per heavy atom. The molecule has 1 fully saturated rings. The van der Waals surface area contributed by atoms with Gasteiger partial charge in [0.15, 0.2) is 11.6 Å². The van der Waals surface area contributed by atoms with Crippen LogP contribution < -0.4 is 0 Å². The van der Waals surface area contributed by atoms with Crippen molar-refractivity contribution in [1.82, 2.24) is 9.80 Å². The van der Waals surface area contributed by atoms with E-state index in [2.05, 4.69) is 23.6 Å². The molecule has 1 N–H and O–H groups in total. The molecule has 0 unspecified atom stereocenters. The Hall–Kier alpha value is -1.04. The Labute approximate surface area is 131 Å². The van der Waals surface area contributed by atoms with Gasteiger partial charge < -0.3 is 5.11 Å². The Bertz CT molecular complexity index is 482. The summed E-state index contributed by atoms with van der Waals surface area (Å²) in [5, 5.41) is 9.28. The molecule has 0 amide bonds. The zero-order valence-electron chi connectivity index (χ0n) is 13.4. The highest BCUT2D eigenvalue weighted by Crippen LogP contribution is 2.18. The number of piperazine rings is 1. The maximum Gasteiger partial charge on any atom is 0.159 e. The van der Waals surface area contributed by atoms with Crippen LogP contribution in [0.2, 0.25) is 0 Å². The van der Waals surface area contributed by atoms with Crippen molar-refractivity contribution in [3.8, 4) is 0 Å². The molecular weight excluding hydrogens is 286 g/mol. The first-order chi connectivity index (χ1) is 10.5. The SMILES string of the molecule is CC(C)CN1CCN(Cc2ccc(F)c(F)c2)C[C@H]1CCO. The predicted molar refractivity (Wildman–Crippen MR) is 83.5 cm³/mol. The number of halogens is 2. The Balaban J connectivity index is 1.97. The summed E-state index contributed by atoms with van der Waals surface area (Å²) < 4.78 is 26.3. The second-order valence-corrected chi connectivity index (χ2v) is 6.54. The van der Waals surface area contributed by atoms with E-state index in [-0.39, 0.29) is 6.61 Å². The van der Waals surface area contributed by atoms with E-state index in [1.165, 1.54) is 12.1 Å². The number of hydrogen-bond acceptors (Lipinski definition) is 3. The fourth-order valence-corrected chi connectivity index (χ4v) is 3.13. The van der Waals surface area contributed by atoms with E-state index in [0.29, 0.717) is 18.5 Å². The summed E-state index contributed by atoms with van der Waals surface area (Å²) in [6, 6.07) is 4.42. The summed E-state index contributed by atoms with van der Waals surface area (Å²) >= 11 is 0. The van der Waals surface area contributed by atoms with Crippen LogP contribution in [0.1, 0.15) is 25.8 Å². The number of nitrogens with zero attached hydrogens (tertiary/aromatic N) is 2. The summed E-state index contributed by atoms with van der Waals surface area (Å²) in [7, 11) is 0. The van der Waals surface area contributed by atoms with Crippen molar-refractivity contribution >= 4 is 0 Å². The van der Waals surface area contributed by atoms with Crippen LogP contribution >= 0.6 is 0 Å². The third-order valence-electron chi connectivity index (χ3n) is 4.14. The smallest absolute Gasteiger partial charge is 0.159 e. The molecule has 0 bridgehead atoms. The molecule has 0 spiro atoms. The van der Waals surface area contributed by atoms with Crippen molar-refractivity contribution in [3.63, 3.8) is 0 Å². The first kappa shape index (κ1) is 17.3. The number of rotatable bonds is 6. The van der Waals surface area contributed by atoms with Crippen LogP contribution in [-0.4, -0.2) is 53.7 Å². The van der Waals surface area contributed by atoms with Crippen LogP contribution in [0, 0.1) is 17.6 Å². The molecule has 1 aliphatic heterocycles. The number of hydrogen-bond donors (Lipinski definition) is 1. The molecule has 1 saturated heterocycles. The number of aliphatic hydroxyl groups is 1. The minimum atomic E-state index is -0.802. The molecule has 1 heterocycles. The highest BCUT2D eigenvalue weighted by molar-refractivity contribution is 5.17. The molecule has 5 heteroatoms. The molecule has 3 nitrogen and oxygen atoms in total. The van der Waals surface area contributed by atoms with Gasteiger partial charge in [0.25, 0.3) is 0 Å². The zero-order valence-corrected chi connectivity index (χ0v) is 13.4. The molecule has 1 aliphatic rings. The number of benzene rings is 1. The molecule has 0 radical (unpaired) electrons. The van der Waals surface area contributed by atoms with Gasteiger partial charge in [0, 0.05) is 45.4 Å². The lowest BCUT2D eigenvalue weighted by Crippen LogP contribution is -2.53.